The molecular formula is C21H21ClN4O4S2. The maximum atomic E-state index is 12.7. The summed E-state index contributed by atoms with van der Waals surface area (Å²) < 4.78 is 32.4. The second-order valence-corrected chi connectivity index (χ2v) is 10.5. The van der Waals surface area contributed by atoms with Gasteiger partial charge in [0.1, 0.15) is 0 Å². The van der Waals surface area contributed by atoms with Gasteiger partial charge in [0.05, 0.1) is 11.5 Å². The fraction of sp³-hybridized carbons (Fsp3) is 0.286. The first-order valence-electron chi connectivity index (χ1n) is 9.92. The van der Waals surface area contributed by atoms with Crippen molar-refractivity contribution in [1.29, 1.82) is 0 Å². The summed E-state index contributed by atoms with van der Waals surface area (Å²) in [5, 5.41) is 8.88. The average molecular weight is 493 g/mol. The van der Waals surface area contributed by atoms with Gasteiger partial charge in [-0.3, -0.25) is 4.79 Å². The van der Waals surface area contributed by atoms with Crippen LogP contribution in [0.4, 0.5) is 0 Å². The lowest BCUT2D eigenvalue weighted by Crippen LogP contribution is -2.51. The lowest BCUT2D eigenvalue weighted by atomic mass is 10.2. The van der Waals surface area contributed by atoms with Gasteiger partial charge in [-0.1, -0.05) is 53.7 Å². The molecule has 0 spiro atoms. The highest BCUT2D eigenvalue weighted by Crippen LogP contribution is 2.24. The van der Waals surface area contributed by atoms with Crippen LogP contribution in [0.1, 0.15) is 5.56 Å². The van der Waals surface area contributed by atoms with Crippen molar-refractivity contribution in [2.75, 3.05) is 31.9 Å². The van der Waals surface area contributed by atoms with E-state index in [1.54, 1.807) is 41.3 Å². The fourth-order valence-corrected chi connectivity index (χ4v) is 5.59. The second kappa shape index (κ2) is 10.0. The largest absolute Gasteiger partial charge is 0.411 e. The van der Waals surface area contributed by atoms with Crippen molar-refractivity contribution in [3.05, 3.63) is 65.2 Å². The number of carbonyl (C=O) groups is 1. The van der Waals surface area contributed by atoms with Gasteiger partial charge in [0, 0.05) is 36.8 Å². The van der Waals surface area contributed by atoms with Crippen LogP contribution in [-0.4, -0.2) is 65.7 Å². The van der Waals surface area contributed by atoms with E-state index in [9.17, 15) is 13.2 Å². The van der Waals surface area contributed by atoms with Crippen molar-refractivity contribution in [2.24, 2.45) is 0 Å². The number of carbonyl (C=O) groups excluding carboxylic acids is 1. The number of hydrogen-bond donors (Lipinski definition) is 0. The van der Waals surface area contributed by atoms with Crippen LogP contribution in [0, 0.1) is 0 Å². The number of piperazine rings is 1. The summed E-state index contributed by atoms with van der Waals surface area (Å²) in [4.78, 5) is 14.2. The van der Waals surface area contributed by atoms with Gasteiger partial charge in [-0.05, 0) is 29.8 Å². The average Bonchev–Trinajstić information content (AvgIpc) is 3.27. The van der Waals surface area contributed by atoms with Crippen LogP contribution in [0.25, 0.3) is 11.5 Å². The van der Waals surface area contributed by atoms with Crippen molar-refractivity contribution in [1.82, 2.24) is 19.4 Å². The zero-order valence-electron chi connectivity index (χ0n) is 17.1. The molecule has 2 aromatic carbocycles. The number of rotatable bonds is 7. The minimum absolute atomic E-state index is 0.0370. The Balaban J connectivity index is 1.26. The van der Waals surface area contributed by atoms with Crippen LogP contribution in [-0.2, 0) is 20.6 Å². The number of thioether (sulfide) groups is 1. The molecule has 1 amide bonds. The lowest BCUT2D eigenvalue weighted by molar-refractivity contribution is -0.129. The van der Waals surface area contributed by atoms with Gasteiger partial charge in [-0.15, -0.1) is 10.2 Å². The van der Waals surface area contributed by atoms with Gasteiger partial charge in [0.2, 0.25) is 21.8 Å². The van der Waals surface area contributed by atoms with Crippen molar-refractivity contribution in [3.8, 4) is 11.5 Å². The molecule has 0 aliphatic carbocycles. The molecule has 0 unspecified atom stereocenters. The molecule has 11 heteroatoms. The van der Waals surface area contributed by atoms with E-state index in [0.717, 1.165) is 22.9 Å². The second-order valence-electron chi connectivity index (χ2n) is 7.19. The van der Waals surface area contributed by atoms with E-state index >= 15 is 0 Å². The molecule has 3 aromatic rings. The SMILES string of the molecule is O=C(CSc1nnc(-c2ccc(Cl)cc2)o1)N1CCN(S(=O)(=O)Cc2ccccc2)CC1. The summed E-state index contributed by atoms with van der Waals surface area (Å²) >= 11 is 7.04. The molecule has 1 aliphatic heterocycles. The van der Waals surface area contributed by atoms with Crippen molar-refractivity contribution in [2.45, 2.75) is 11.0 Å². The molecule has 2 heterocycles. The van der Waals surface area contributed by atoms with Gasteiger partial charge in [-0.2, -0.15) is 4.31 Å². The summed E-state index contributed by atoms with van der Waals surface area (Å²) in [7, 11) is -3.42. The maximum absolute atomic E-state index is 12.7. The minimum atomic E-state index is -3.42. The molecule has 0 saturated carbocycles. The highest BCUT2D eigenvalue weighted by molar-refractivity contribution is 7.99. The summed E-state index contributed by atoms with van der Waals surface area (Å²) in [6.07, 6.45) is 0. The summed E-state index contributed by atoms with van der Waals surface area (Å²) in [5.41, 5.74) is 1.49. The zero-order valence-corrected chi connectivity index (χ0v) is 19.4. The van der Waals surface area contributed by atoms with Gasteiger partial charge in [0.25, 0.3) is 5.22 Å². The van der Waals surface area contributed by atoms with Gasteiger partial charge >= 0.3 is 0 Å². The Morgan fingerprint density at radius 3 is 2.38 bits per heavy atom. The normalized spacial score (nSPS) is 15.1. The molecule has 1 fully saturated rings. The van der Waals surface area contributed by atoms with E-state index in [-0.39, 0.29) is 30.5 Å². The molecule has 1 saturated heterocycles. The topological polar surface area (TPSA) is 96.6 Å². The number of hydrogen-bond acceptors (Lipinski definition) is 7. The summed E-state index contributed by atoms with van der Waals surface area (Å²) in [6.45, 7) is 1.28. The van der Waals surface area contributed by atoms with E-state index in [1.165, 1.54) is 4.31 Å². The molecule has 168 valence electrons. The Labute approximate surface area is 195 Å². The molecule has 0 atom stereocenters. The third kappa shape index (κ3) is 5.69. The predicted molar refractivity (Wildman–Crippen MR) is 123 cm³/mol. The fourth-order valence-electron chi connectivity index (χ4n) is 3.28. The molecule has 8 nitrogen and oxygen atoms in total. The van der Waals surface area contributed by atoms with Gasteiger partial charge < -0.3 is 9.32 Å². The molecule has 0 bridgehead atoms. The van der Waals surface area contributed by atoms with E-state index < -0.39 is 10.0 Å². The molecule has 1 aliphatic rings. The number of benzene rings is 2. The third-order valence-corrected chi connectivity index (χ3v) is 7.90. The zero-order chi connectivity index (χ0) is 22.6. The Morgan fingerprint density at radius 2 is 1.69 bits per heavy atom. The minimum Gasteiger partial charge on any atom is -0.411 e. The van der Waals surface area contributed by atoms with Crippen LogP contribution in [0.15, 0.2) is 64.2 Å². The van der Waals surface area contributed by atoms with E-state index in [1.807, 2.05) is 18.2 Å². The van der Waals surface area contributed by atoms with Crippen molar-refractivity contribution < 1.29 is 17.6 Å². The van der Waals surface area contributed by atoms with Gasteiger partial charge in [0.15, 0.2) is 0 Å². The highest BCUT2D eigenvalue weighted by atomic mass is 35.5. The first-order valence-corrected chi connectivity index (χ1v) is 12.9. The quantitative estimate of drug-likeness (QED) is 0.467. The molecule has 0 radical (unpaired) electrons. The highest BCUT2D eigenvalue weighted by Gasteiger charge is 2.29. The van der Waals surface area contributed by atoms with Crippen LogP contribution in [0.5, 0.6) is 0 Å². The van der Waals surface area contributed by atoms with Gasteiger partial charge in [-0.25, -0.2) is 8.42 Å². The summed E-state index contributed by atoms with van der Waals surface area (Å²) in [6, 6.07) is 16.1. The Bertz CT molecular complexity index is 1160. The van der Waals surface area contributed by atoms with Crippen molar-refractivity contribution in [3.63, 3.8) is 0 Å². The molecule has 4 rings (SSSR count). The number of amides is 1. The molecular weight excluding hydrogens is 472 g/mol. The molecule has 1 aromatic heterocycles. The summed E-state index contributed by atoms with van der Waals surface area (Å²) in [5.74, 6) is 0.360. The molecule has 32 heavy (non-hydrogen) atoms. The monoisotopic (exact) mass is 492 g/mol. The Kier molecular flexibility index (Phi) is 7.14. The first kappa shape index (κ1) is 22.8. The lowest BCUT2D eigenvalue weighted by Gasteiger charge is -2.34. The predicted octanol–water partition coefficient (Wildman–Crippen LogP) is 3.16. The van der Waals surface area contributed by atoms with Crippen LogP contribution in [0.3, 0.4) is 0 Å². The van der Waals surface area contributed by atoms with Crippen LogP contribution >= 0.6 is 23.4 Å². The van der Waals surface area contributed by atoms with E-state index in [4.69, 9.17) is 16.0 Å². The molecule has 0 N–H and O–H groups in total. The van der Waals surface area contributed by atoms with Crippen LogP contribution in [0.2, 0.25) is 5.02 Å². The first-order chi connectivity index (χ1) is 15.4. The Hall–Kier alpha value is -2.40. The smallest absolute Gasteiger partial charge is 0.277 e. The van der Waals surface area contributed by atoms with Crippen molar-refractivity contribution >= 4 is 39.3 Å². The van der Waals surface area contributed by atoms with Crippen LogP contribution < -0.4 is 0 Å². The maximum Gasteiger partial charge on any atom is 0.277 e. The number of nitrogens with zero attached hydrogens (tertiary/aromatic N) is 4. The number of halogens is 1. The number of sulfonamides is 1. The van der Waals surface area contributed by atoms with E-state index in [0.29, 0.717) is 29.2 Å². The van der Waals surface area contributed by atoms with E-state index in [2.05, 4.69) is 10.2 Å². The Morgan fingerprint density at radius 1 is 1.00 bits per heavy atom. The third-order valence-electron chi connectivity index (χ3n) is 4.99. The standard InChI is InChI=1S/C21H21ClN4O4S2/c22-18-8-6-17(7-9-18)20-23-24-21(30-20)31-14-19(27)25-10-12-26(13-11-25)32(28,29)15-16-4-2-1-3-5-16/h1-9H,10-15H2. The number of aromatic nitrogens is 2.